The van der Waals surface area contributed by atoms with Crippen LogP contribution in [0.3, 0.4) is 0 Å². The van der Waals surface area contributed by atoms with Crippen molar-refractivity contribution >= 4 is 22.6 Å². The SMILES string of the molecule is CC(C)C(N)CCNCc1ccc(-n2cc3cc(-c4cc(CCC[C@H](C)N)cc(Cl)c4F)[nH]c3nc2=O)cc1. The van der Waals surface area contributed by atoms with Gasteiger partial charge in [-0.05, 0) is 86.5 Å². The van der Waals surface area contributed by atoms with Gasteiger partial charge in [-0.15, -0.1) is 0 Å². The summed E-state index contributed by atoms with van der Waals surface area (Å²) in [5.41, 5.74) is 15.5. The van der Waals surface area contributed by atoms with E-state index in [4.69, 9.17) is 23.1 Å². The molecule has 7 nitrogen and oxygen atoms in total. The van der Waals surface area contributed by atoms with Gasteiger partial charge in [-0.2, -0.15) is 4.98 Å². The molecule has 0 saturated heterocycles. The van der Waals surface area contributed by atoms with E-state index >= 15 is 4.39 Å². The Kier molecular flexibility index (Phi) is 9.56. The molecule has 208 valence electrons. The van der Waals surface area contributed by atoms with Gasteiger partial charge in [0.05, 0.1) is 16.4 Å². The molecular weight excluding hydrogens is 515 g/mol. The van der Waals surface area contributed by atoms with Gasteiger partial charge in [0, 0.05) is 35.8 Å². The molecule has 0 fully saturated rings. The molecule has 2 aromatic heterocycles. The quantitative estimate of drug-likeness (QED) is 0.178. The Bertz CT molecular complexity index is 1460. The first-order valence-corrected chi connectivity index (χ1v) is 13.9. The smallest absolute Gasteiger partial charge is 0.339 e. The Hall–Kier alpha value is -3.04. The number of aromatic amines is 1. The van der Waals surface area contributed by atoms with Crippen molar-refractivity contribution in [1.82, 2.24) is 19.9 Å². The van der Waals surface area contributed by atoms with E-state index in [2.05, 4.69) is 29.1 Å². The van der Waals surface area contributed by atoms with Gasteiger partial charge in [0.25, 0.3) is 0 Å². The van der Waals surface area contributed by atoms with Gasteiger partial charge in [0.15, 0.2) is 5.82 Å². The van der Waals surface area contributed by atoms with Crippen LogP contribution in [0.5, 0.6) is 0 Å². The van der Waals surface area contributed by atoms with Gasteiger partial charge >= 0.3 is 5.69 Å². The van der Waals surface area contributed by atoms with Crippen molar-refractivity contribution in [3.8, 4) is 16.9 Å². The monoisotopic (exact) mass is 552 g/mol. The fourth-order valence-corrected chi connectivity index (χ4v) is 4.79. The number of hydrogen-bond donors (Lipinski definition) is 4. The maximum Gasteiger partial charge on any atom is 0.354 e. The van der Waals surface area contributed by atoms with E-state index in [1.807, 2.05) is 31.2 Å². The minimum absolute atomic E-state index is 0.0619. The first-order chi connectivity index (χ1) is 18.6. The van der Waals surface area contributed by atoms with Crippen LogP contribution in [-0.4, -0.2) is 33.2 Å². The highest BCUT2D eigenvalue weighted by atomic mass is 35.5. The molecule has 0 aliphatic heterocycles. The predicted octanol–water partition coefficient (Wildman–Crippen LogP) is 5.31. The van der Waals surface area contributed by atoms with Crippen molar-refractivity contribution in [3.63, 3.8) is 0 Å². The topological polar surface area (TPSA) is 115 Å². The van der Waals surface area contributed by atoms with Crippen LogP contribution in [0.25, 0.3) is 28.0 Å². The third-order valence-corrected chi connectivity index (χ3v) is 7.34. The number of H-pyrrole nitrogens is 1. The van der Waals surface area contributed by atoms with Crippen molar-refractivity contribution in [2.75, 3.05) is 6.54 Å². The van der Waals surface area contributed by atoms with Gasteiger partial charge in [0.1, 0.15) is 5.65 Å². The third kappa shape index (κ3) is 7.33. The average molecular weight is 553 g/mol. The molecule has 39 heavy (non-hydrogen) atoms. The van der Waals surface area contributed by atoms with E-state index in [-0.39, 0.29) is 17.1 Å². The second kappa shape index (κ2) is 12.9. The van der Waals surface area contributed by atoms with Crippen LogP contribution in [0.15, 0.2) is 53.5 Å². The summed E-state index contributed by atoms with van der Waals surface area (Å²) in [4.78, 5) is 20.2. The number of benzene rings is 2. The number of aromatic nitrogens is 3. The first kappa shape index (κ1) is 29.0. The molecule has 4 rings (SSSR count). The zero-order valence-electron chi connectivity index (χ0n) is 22.8. The van der Waals surface area contributed by atoms with Crippen molar-refractivity contribution in [2.24, 2.45) is 17.4 Å². The Labute approximate surface area is 233 Å². The van der Waals surface area contributed by atoms with E-state index in [0.29, 0.717) is 33.9 Å². The number of aryl methyl sites for hydroxylation is 1. The highest BCUT2D eigenvalue weighted by molar-refractivity contribution is 6.31. The second-order valence-corrected chi connectivity index (χ2v) is 11.1. The number of hydrogen-bond acceptors (Lipinski definition) is 5. The van der Waals surface area contributed by atoms with E-state index < -0.39 is 11.5 Å². The second-order valence-electron chi connectivity index (χ2n) is 10.7. The summed E-state index contributed by atoms with van der Waals surface area (Å²) < 4.78 is 16.5. The lowest BCUT2D eigenvalue weighted by Gasteiger charge is -2.15. The molecule has 0 saturated carbocycles. The Balaban J connectivity index is 1.52. The van der Waals surface area contributed by atoms with Crippen molar-refractivity contribution in [1.29, 1.82) is 0 Å². The molecule has 0 amide bonds. The summed E-state index contributed by atoms with van der Waals surface area (Å²) in [6.45, 7) is 7.79. The highest BCUT2D eigenvalue weighted by Crippen LogP contribution is 2.31. The molecule has 9 heteroatoms. The van der Waals surface area contributed by atoms with Crippen LogP contribution in [0.1, 0.15) is 51.2 Å². The fraction of sp³-hybridized carbons (Fsp3) is 0.400. The van der Waals surface area contributed by atoms with Crippen LogP contribution in [0.2, 0.25) is 5.02 Å². The summed E-state index contributed by atoms with van der Waals surface area (Å²) in [5.74, 6) is -0.0475. The molecule has 6 N–H and O–H groups in total. The third-order valence-electron chi connectivity index (χ3n) is 7.07. The van der Waals surface area contributed by atoms with E-state index in [1.165, 1.54) is 4.57 Å². The molecule has 4 aromatic rings. The zero-order valence-corrected chi connectivity index (χ0v) is 23.6. The summed E-state index contributed by atoms with van der Waals surface area (Å²) in [7, 11) is 0. The van der Waals surface area contributed by atoms with Gasteiger partial charge in [0.2, 0.25) is 0 Å². The molecule has 0 aliphatic carbocycles. The average Bonchev–Trinajstić information content (AvgIpc) is 3.30. The van der Waals surface area contributed by atoms with Gasteiger partial charge in [-0.25, -0.2) is 9.18 Å². The Morgan fingerprint density at radius 1 is 1.08 bits per heavy atom. The number of fused-ring (bicyclic) bond motifs is 1. The van der Waals surface area contributed by atoms with Crippen LogP contribution in [0.4, 0.5) is 4.39 Å². The van der Waals surface area contributed by atoms with Crippen LogP contribution in [0, 0.1) is 11.7 Å². The largest absolute Gasteiger partial charge is 0.354 e. The highest BCUT2D eigenvalue weighted by Gasteiger charge is 2.16. The minimum atomic E-state index is -0.509. The normalized spacial score (nSPS) is 13.3. The molecule has 0 radical (unpaired) electrons. The van der Waals surface area contributed by atoms with Gasteiger partial charge in [-0.3, -0.25) is 4.57 Å². The summed E-state index contributed by atoms with van der Waals surface area (Å²) >= 11 is 6.23. The van der Waals surface area contributed by atoms with Crippen molar-refractivity contribution in [2.45, 2.75) is 65.1 Å². The first-order valence-electron chi connectivity index (χ1n) is 13.5. The van der Waals surface area contributed by atoms with Crippen molar-refractivity contribution in [3.05, 3.63) is 81.1 Å². The van der Waals surface area contributed by atoms with Crippen LogP contribution >= 0.6 is 11.6 Å². The number of nitrogens with zero attached hydrogens (tertiary/aromatic N) is 2. The van der Waals surface area contributed by atoms with Crippen LogP contribution in [-0.2, 0) is 13.0 Å². The lowest BCUT2D eigenvalue weighted by molar-refractivity contribution is 0.449. The number of nitrogens with two attached hydrogens (primary N) is 2. The van der Waals surface area contributed by atoms with Crippen LogP contribution < -0.4 is 22.5 Å². The summed E-state index contributed by atoms with van der Waals surface area (Å²) in [6.07, 6.45) is 5.14. The molecule has 2 aromatic carbocycles. The van der Waals surface area contributed by atoms with Gasteiger partial charge in [-0.1, -0.05) is 37.6 Å². The number of nitrogens with one attached hydrogen (secondary N) is 2. The summed E-state index contributed by atoms with van der Waals surface area (Å²) in [6, 6.07) is 13.3. The molecule has 1 unspecified atom stereocenters. The molecular formula is C30H38ClFN6O. The fourth-order valence-electron chi connectivity index (χ4n) is 4.55. The molecule has 2 atom stereocenters. The summed E-state index contributed by atoms with van der Waals surface area (Å²) in [5, 5.41) is 4.17. The number of rotatable bonds is 12. The number of halogens is 2. The standard InChI is InChI=1S/C30H38ClFN6O/c1-18(2)26(34)11-12-35-16-20-7-9-23(10-8-20)38-17-22-15-27(36-29(22)37-30(38)39)24-13-21(6-4-5-19(3)33)14-25(31)28(24)32/h7-10,13-15,17-19,26,35H,4-6,11-12,16,33-34H2,1-3H3,(H,36,37,39)/t19-,26?/m0/s1. The van der Waals surface area contributed by atoms with Gasteiger partial charge < -0.3 is 21.8 Å². The van der Waals surface area contributed by atoms with E-state index in [0.717, 1.165) is 49.9 Å². The zero-order chi connectivity index (χ0) is 28.1. The Morgan fingerprint density at radius 2 is 1.82 bits per heavy atom. The minimum Gasteiger partial charge on any atom is -0.339 e. The molecule has 0 spiro atoms. The predicted molar refractivity (Wildman–Crippen MR) is 158 cm³/mol. The van der Waals surface area contributed by atoms with E-state index in [9.17, 15) is 4.79 Å². The van der Waals surface area contributed by atoms with Crippen molar-refractivity contribution < 1.29 is 4.39 Å². The maximum atomic E-state index is 15.0. The lowest BCUT2D eigenvalue weighted by atomic mass is 10.0. The lowest BCUT2D eigenvalue weighted by Crippen LogP contribution is -2.30. The molecule has 0 bridgehead atoms. The molecule has 0 aliphatic rings. The maximum absolute atomic E-state index is 15.0. The Morgan fingerprint density at radius 3 is 2.51 bits per heavy atom. The van der Waals surface area contributed by atoms with E-state index in [1.54, 1.807) is 24.4 Å². The molecule has 2 heterocycles.